The van der Waals surface area contributed by atoms with Crippen LogP contribution in [-0.4, -0.2) is 63.4 Å². The van der Waals surface area contributed by atoms with Crippen molar-refractivity contribution in [2.24, 2.45) is 0 Å². The largest absolute Gasteiger partial charge is 0.488 e. The first-order valence-corrected chi connectivity index (χ1v) is 10.6. The van der Waals surface area contributed by atoms with Crippen LogP contribution in [-0.2, 0) is 9.63 Å². The van der Waals surface area contributed by atoms with Crippen LogP contribution in [0.1, 0.15) is 12.8 Å². The van der Waals surface area contributed by atoms with Gasteiger partial charge in [-0.15, -0.1) is 35.0 Å². The number of carbonyl (C=O) groups is 1. The predicted octanol–water partition coefficient (Wildman–Crippen LogP) is 3.31. The Morgan fingerprint density at radius 3 is 2.79 bits per heavy atom. The average molecular weight is 505 g/mol. The van der Waals surface area contributed by atoms with Gasteiger partial charge < -0.3 is 10.1 Å². The van der Waals surface area contributed by atoms with E-state index in [0.29, 0.717) is 30.2 Å². The molecule has 1 fully saturated rings. The van der Waals surface area contributed by atoms with E-state index in [1.165, 1.54) is 12.2 Å². The maximum Gasteiger partial charge on any atom is 0.263 e. The van der Waals surface area contributed by atoms with Gasteiger partial charge in [-0.25, -0.2) is 10.0 Å². The highest BCUT2D eigenvalue weighted by molar-refractivity contribution is 5.86. The molecular weight excluding hydrogens is 479 g/mol. The molecule has 0 spiro atoms. The number of pyridine rings is 2. The van der Waals surface area contributed by atoms with Crippen LogP contribution >= 0.6 is 24.8 Å². The third kappa shape index (κ3) is 4.92. The molecule has 1 aliphatic rings. The SMILES string of the molecule is CON(C)C(=O)[C@@H]1C[C@@H](Oc2cccc3ccc(-c4nnc5ccccn45)nc23)CCN1.Cl.Cl. The number of fused-ring (bicyclic) bond motifs is 2. The molecule has 0 saturated carbocycles. The fourth-order valence-electron chi connectivity index (χ4n) is 4.02. The Bertz CT molecular complexity index is 1280. The van der Waals surface area contributed by atoms with Gasteiger partial charge in [0, 0.05) is 25.1 Å². The standard InChI is InChI=1S/C23H24N6O3.2ClH/c1-28(31-2)23(30)18-14-16(11-12-24-18)32-19-7-5-6-15-9-10-17(25-21(15)19)22-27-26-20-8-3-4-13-29(20)22;;/h3-10,13,16,18,24H,11-12,14H2,1-2H3;2*1H/t16-,18-;;/m0../s1. The summed E-state index contributed by atoms with van der Waals surface area (Å²) >= 11 is 0. The van der Waals surface area contributed by atoms with E-state index in [4.69, 9.17) is 14.6 Å². The first-order valence-electron chi connectivity index (χ1n) is 10.6. The molecule has 4 aromatic rings. The Balaban J connectivity index is 0.00000162. The monoisotopic (exact) mass is 504 g/mol. The molecule has 1 aromatic carbocycles. The Kier molecular flexibility index (Phi) is 8.27. The molecule has 34 heavy (non-hydrogen) atoms. The number of ether oxygens (including phenoxy) is 1. The van der Waals surface area contributed by atoms with E-state index in [0.717, 1.165) is 23.0 Å². The number of rotatable bonds is 5. The normalized spacial score (nSPS) is 17.6. The number of hydroxylamine groups is 2. The first-order chi connectivity index (χ1) is 15.6. The molecule has 9 nitrogen and oxygen atoms in total. The van der Waals surface area contributed by atoms with E-state index in [-0.39, 0.29) is 42.9 Å². The zero-order valence-electron chi connectivity index (χ0n) is 18.7. The maximum absolute atomic E-state index is 12.5. The Hall–Kier alpha value is -2.98. The zero-order chi connectivity index (χ0) is 22.1. The van der Waals surface area contributed by atoms with Crippen molar-refractivity contribution in [3.63, 3.8) is 0 Å². The predicted molar refractivity (Wildman–Crippen MR) is 133 cm³/mol. The Morgan fingerprint density at radius 1 is 1.12 bits per heavy atom. The van der Waals surface area contributed by atoms with Crippen LogP contribution in [0.15, 0.2) is 54.7 Å². The minimum atomic E-state index is -0.348. The molecule has 3 aromatic heterocycles. The second-order valence-electron chi connectivity index (χ2n) is 7.77. The lowest BCUT2D eigenvalue weighted by molar-refractivity contribution is -0.172. The lowest BCUT2D eigenvalue weighted by Gasteiger charge is -2.31. The van der Waals surface area contributed by atoms with E-state index in [1.807, 2.05) is 59.1 Å². The van der Waals surface area contributed by atoms with Gasteiger partial charge in [0.2, 0.25) is 0 Å². The Labute approximate surface area is 209 Å². The number of hydrogen-bond acceptors (Lipinski definition) is 7. The number of para-hydroxylation sites is 1. The van der Waals surface area contributed by atoms with Crippen molar-refractivity contribution in [1.29, 1.82) is 0 Å². The summed E-state index contributed by atoms with van der Waals surface area (Å²) in [5, 5.41) is 14.0. The molecule has 0 bridgehead atoms. The fourth-order valence-corrected chi connectivity index (χ4v) is 4.02. The topological polar surface area (TPSA) is 93.9 Å². The van der Waals surface area contributed by atoms with E-state index >= 15 is 0 Å². The van der Waals surface area contributed by atoms with Crippen LogP contribution in [0.4, 0.5) is 0 Å². The number of piperidine rings is 1. The average Bonchev–Trinajstić information content (AvgIpc) is 3.27. The minimum absolute atomic E-state index is 0. The summed E-state index contributed by atoms with van der Waals surface area (Å²) in [7, 11) is 3.09. The van der Waals surface area contributed by atoms with E-state index in [2.05, 4.69) is 15.5 Å². The second kappa shape index (κ2) is 11.0. The van der Waals surface area contributed by atoms with Crippen LogP contribution in [0.3, 0.4) is 0 Å². The number of benzene rings is 1. The van der Waals surface area contributed by atoms with Crippen molar-refractivity contribution in [2.75, 3.05) is 20.7 Å². The fraction of sp³-hybridized carbons (Fsp3) is 0.304. The van der Waals surface area contributed by atoms with E-state index in [1.54, 1.807) is 7.05 Å². The van der Waals surface area contributed by atoms with Crippen molar-refractivity contribution >= 4 is 47.3 Å². The van der Waals surface area contributed by atoms with Crippen molar-refractivity contribution < 1.29 is 14.4 Å². The number of halogens is 2. The van der Waals surface area contributed by atoms with Gasteiger partial charge in [-0.05, 0) is 37.2 Å². The molecule has 5 rings (SSSR count). The highest BCUT2D eigenvalue weighted by Crippen LogP contribution is 2.29. The van der Waals surface area contributed by atoms with Crippen molar-refractivity contribution in [3.8, 4) is 17.3 Å². The van der Waals surface area contributed by atoms with Gasteiger partial charge in [0.1, 0.15) is 23.1 Å². The van der Waals surface area contributed by atoms with Gasteiger partial charge in [0.25, 0.3) is 5.91 Å². The number of nitrogens with zero attached hydrogens (tertiary/aromatic N) is 5. The molecular formula is C23H26Cl2N6O3. The molecule has 1 saturated heterocycles. The first kappa shape index (κ1) is 25.6. The van der Waals surface area contributed by atoms with Gasteiger partial charge in [-0.3, -0.25) is 14.0 Å². The highest BCUT2D eigenvalue weighted by Gasteiger charge is 2.30. The smallest absolute Gasteiger partial charge is 0.263 e. The van der Waals surface area contributed by atoms with Crippen LogP contribution in [0, 0.1) is 0 Å². The highest BCUT2D eigenvalue weighted by atomic mass is 35.5. The summed E-state index contributed by atoms with van der Waals surface area (Å²) in [5.41, 5.74) is 2.24. The quantitative estimate of drug-likeness (QED) is 0.416. The number of amides is 1. The molecule has 0 aliphatic carbocycles. The summed E-state index contributed by atoms with van der Waals surface area (Å²) in [5.74, 6) is 1.25. The molecule has 0 radical (unpaired) electrons. The third-order valence-electron chi connectivity index (χ3n) is 5.76. The zero-order valence-corrected chi connectivity index (χ0v) is 20.4. The number of nitrogens with one attached hydrogen (secondary N) is 1. The second-order valence-corrected chi connectivity index (χ2v) is 7.77. The van der Waals surface area contributed by atoms with Gasteiger partial charge >= 0.3 is 0 Å². The molecule has 0 unspecified atom stereocenters. The number of likely N-dealkylation sites (N-methyl/N-ethyl adjacent to an activating group) is 1. The Morgan fingerprint density at radius 2 is 1.97 bits per heavy atom. The molecule has 180 valence electrons. The molecule has 2 atom stereocenters. The maximum atomic E-state index is 12.5. The summed E-state index contributed by atoms with van der Waals surface area (Å²) in [6.07, 6.45) is 3.16. The number of aromatic nitrogens is 4. The van der Waals surface area contributed by atoms with E-state index in [9.17, 15) is 4.79 Å². The molecule has 4 heterocycles. The van der Waals surface area contributed by atoms with Crippen molar-refractivity contribution in [3.05, 3.63) is 54.7 Å². The molecule has 1 amide bonds. The van der Waals surface area contributed by atoms with Crippen molar-refractivity contribution in [1.82, 2.24) is 30.0 Å². The lowest BCUT2D eigenvalue weighted by atomic mass is 10.0. The summed E-state index contributed by atoms with van der Waals surface area (Å²) in [6.45, 7) is 0.688. The minimum Gasteiger partial charge on any atom is -0.488 e. The van der Waals surface area contributed by atoms with Gasteiger partial charge in [-0.1, -0.05) is 24.3 Å². The van der Waals surface area contributed by atoms with Gasteiger partial charge in [0.15, 0.2) is 11.5 Å². The number of hydrogen-bond donors (Lipinski definition) is 1. The molecule has 1 aliphatic heterocycles. The molecule has 1 N–H and O–H groups in total. The summed E-state index contributed by atoms with van der Waals surface area (Å²) in [4.78, 5) is 22.4. The summed E-state index contributed by atoms with van der Waals surface area (Å²) < 4.78 is 8.27. The van der Waals surface area contributed by atoms with Crippen molar-refractivity contribution in [2.45, 2.75) is 25.0 Å². The summed E-state index contributed by atoms with van der Waals surface area (Å²) in [6, 6.07) is 15.2. The third-order valence-corrected chi connectivity index (χ3v) is 5.76. The van der Waals surface area contributed by atoms with Crippen LogP contribution in [0.5, 0.6) is 5.75 Å². The van der Waals surface area contributed by atoms with Gasteiger partial charge in [0.05, 0.1) is 13.2 Å². The van der Waals surface area contributed by atoms with Gasteiger partial charge in [-0.2, -0.15) is 0 Å². The van der Waals surface area contributed by atoms with Crippen LogP contribution in [0.25, 0.3) is 28.1 Å². The van der Waals surface area contributed by atoms with Crippen LogP contribution in [0.2, 0.25) is 0 Å². The number of carbonyl (C=O) groups excluding carboxylic acids is 1. The van der Waals surface area contributed by atoms with Crippen LogP contribution < -0.4 is 10.1 Å². The van der Waals surface area contributed by atoms with E-state index < -0.39 is 0 Å². The lowest BCUT2D eigenvalue weighted by Crippen LogP contribution is -2.51. The molecule has 11 heteroatoms.